The fourth-order valence-electron chi connectivity index (χ4n) is 5.87. The van der Waals surface area contributed by atoms with E-state index in [1.165, 1.54) is 6.42 Å². The van der Waals surface area contributed by atoms with Gasteiger partial charge in [0.1, 0.15) is 0 Å². The molecule has 2 bridgehead atoms. The Morgan fingerprint density at radius 2 is 2.03 bits per heavy atom. The minimum absolute atomic E-state index is 0.0621. The van der Waals surface area contributed by atoms with Gasteiger partial charge >= 0.3 is 7.12 Å². The molecule has 1 saturated heterocycles. The fraction of sp³-hybridized carbons (Fsp3) is 0.708. The number of benzene rings is 1. The first-order chi connectivity index (χ1) is 14.8. The van der Waals surface area contributed by atoms with Crippen LogP contribution in [0.3, 0.4) is 0 Å². The molecular weight excluding hydrogens is 391 g/mol. The Kier molecular flexibility index (Phi) is 6.50. The van der Waals surface area contributed by atoms with E-state index in [0.717, 1.165) is 18.4 Å². The largest absolute Gasteiger partial charge is 0.484 e. The van der Waals surface area contributed by atoms with Crippen LogP contribution in [0.2, 0.25) is 0 Å². The van der Waals surface area contributed by atoms with Crippen LogP contribution in [0.15, 0.2) is 30.3 Å². The van der Waals surface area contributed by atoms with E-state index in [4.69, 9.17) is 19.8 Å². The molecular formula is C24H37BN2O4. The first-order valence-corrected chi connectivity index (χ1v) is 11.8. The molecule has 1 aliphatic heterocycles. The van der Waals surface area contributed by atoms with Gasteiger partial charge in [0.25, 0.3) is 0 Å². The predicted octanol–water partition coefficient (Wildman–Crippen LogP) is 3.08. The van der Waals surface area contributed by atoms with Gasteiger partial charge in [-0.25, -0.2) is 0 Å². The van der Waals surface area contributed by atoms with Gasteiger partial charge in [-0.3, -0.25) is 4.79 Å². The Hall–Kier alpha value is -1.41. The van der Waals surface area contributed by atoms with Crippen LogP contribution in [-0.2, 0) is 25.4 Å². The van der Waals surface area contributed by atoms with Gasteiger partial charge in [0.15, 0.2) is 0 Å². The highest BCUT2D eigenvalue weighted by molar-refractivity contribution is 6.48. The van der Waals surface area contributed by atoms with Crippen molar-refractivity contribution in [1.29, 1.82) is 0 Å². The lowest BCUT2D eigenvalue weighted by Crippen LogP contribution is -2.65. The van der Waals surface area contributed by atoms with E-state index >= 15 is 0 Å². The lowest BCUT2D eigenvalue weighted by atomic mass is 9.43. The van der Waals surface area contributed by atoms with E-state index in [2.05, 4.69) is 26.1 Å². The maximum Gasteiger partial charge on any atom is 0.484 e. The highest BCUT2D eigenvalue weighted by atomic mass is 16.7. The molecule has 1 amide bonds. The van der Waals surface area contributed by atoms with Crippen molar-refractivity contribution in [2.45, 2.75) is 83.7 Å². The van der Waals surface area contributed by atoms with E-state index in [-0.39, 0.29) is 23.0 Å². The average molecular weight is 428 g/mol. The highest BCUT2D eigenvalue weighted by Gasteiger charge is 2.68. The van der Waals surface area contributed by atoms with Gasteiger partial charge in [0.2, 0.25) is 5.91 Å². The van der Waals surface area contributed by atoms with Crippen molar-refractivity contribution in [3.63, 3.8) is 0 Å². The topological polar surface area (TPSA) is 82.8 Å². The molecule has 3 aliphatic carbocycles. The monoisotopic (exact) mass is 428 g/mol. The third kappa shape index (κ3) is 4.30. The second kappa shape index (κ2) is 8.85. The summed E-state index contributed by atoms with van der Waals surface area (Å²) < 4.78 is 19.0. The van der Waals surface area contributed by atoms with E-state index in [9.17, 15) is 4.79 Å². The van der Waals surface area contributed by atoms with E-state index in [1.54, 1.807) is 0 Å². The van der Waals surface area contributed by atoms with Crippen LogP contribution < -0.4 is 11.1 Å². The standard InChI is InChI=1S/C24H37BN2O4/c1-5-9-18(26)22(28)27-21(15-29-14-16-10-7-6-8-11-16)25-30-20-13-17-12-19(23(17,2)3)24(20,4)31-25/h6-8,10-11,17-21H,5,9,12-15,26H2,1-4H3,(H,27,28)/t17-,18+,19-,20+,21-,24-/m0/s1. The van der Waals surface area contributed by atoms with Gasteiger partial charge in [-0.2, -0.15) is 0 Å². The predicted molar refractivity (Wildman–Crippen MR) is 121 cm³/mol. The normalized spacial score (nSPS) is 32.7. The number of nitrogens with two attached hydrogens (primary N) is 1. The maximum absolute atomic E-state index is 12.7. The summed E-state index contributed by atoms with van der Waals surface area (Å²) in [5.74, 6) is 0.574. The van der Waals surface area contributed by atoms with Crippen molar-refractivity contribution in [3.8, 4) is 0 Å². The van der Waals surface area contributed by atoms with Crippen LogP contribution in [0.25, 0.3) is 0 Å². The first kappa shape index (κ1) is 22.8. The summed E-state index contributed by atoms with van der Waals surface area (Å²) >= 11 is 0. The molecule has 0 unspecified atom stereocenters. The zero-order valence-corrected chi connectivity index (χ0v) is 19.3. The van der Waals surface area contributed by atoms with Crippen LogP contribution in [0, 0.1) is 17.3 Å². The van der Waals surface area contributed by atoms with Crippen molar-refractivity contribution in [2.24, 2.45) is 23.0 Å². The van der Waals surface area contributed by atoms with Crippen LogP contribution in [0.4, 0.5) is 0 Å². The Morgan fingerprint density at radius 1 is 1.29 bits per heavy atom. The van der Waals surface area contributed by atoms with Crippen LogP contribution in [-0.4, -0.2) is 43.3 Å². The van der Waals surface area contributed by atoms with Crippen LogP contribution >= 0.6 is 0 Å². The van der Waals surface area contributed by atoms with Gasteiger partial charge in [-0.15, -0.1) is 0 Å². The molecule has 1 aromatic rings. The molecule has 7 heteroatoms. The summed E-state index contributed by atoms with van der Waals surface area (Å²) in [6.45, 7) is 9.68. The Balaban J connectivity index is 1.44. The summed E-state index contributed by atoms with van der Waals surface area (Å²) in [5, 5.41) is 3.07. The second-order valence-electron chi connectivity index (χ2n) is 10.3. The molecule has 4 aliphatic rings. The highest BCUT2D eigenvalue weighted by Crippen LogP contribution is 2.65. The summed E-state index contributed by atoms with van der Waals surface area (Å²) in [6, 6.07) is 9.48. The van der Waals surface area contributed by atoms with Crippen molar-refractivity contribution in [3.05, 3.63) is 35.9 Å². The Labute approximate surface area is 186 Å². The fourth-order valence-corrected chi connectivity index (χ4v) is 5.87. The Morgan fingerprint density at radius 3 is 2.71 bits per heavy atom. The van der Waals surface area contributed by atoms with Crippen molar-refractivity contribution in [2.75, 3.05) is 6.61 Å². The third-order valence-corrected chi connectivity index (χ3v) is 7.97. The van der Waals surface area contributed by atoms with E-state index < -0.39 is 19.1 Å². The van der Waals surface area contributed by atoms with Crippen LogP contribution in [0.5, 0.6) is 0 Å². The molecule has 6 nitrogen and oxygen atoms in total. The molecule has 0 aromatic heterocycles. The van der Waals surface area contributed by atoms with Gasteiger partial charge in [0.05, 0.1) is 36.9 Å². The summed E-state index contributed by atoms with van der Waals surface area (Å²) in [7, 11) is -0.529. The lowest BCUT2D eigenvalue weighted by molar-refractivity contribution is -0.199. The number of amides is 1. The number of ether oxygens (including phenoxy) is 1. The Bertz CT molecular complexity index is 776. The number of hydrogen-bond acceptors (Lipinski definition) is 5. The molecule has 3 N–H and O–H groups in total. The minimum Gasteiger partial charge on any atom is -0.404 e. The number of hydrogen-bond donors (Lipinski definition) is 2. The smallest absolute Gasteiger partial charge is 0.404 e. The van der Waals surface area contributed by atoms with Gasteiger partial charge in [-0.05, 0) is 49.0 Å². The SMILES string of the molecule is CCC[C@@H](N)C(=O)N[C@@H](COCc1ccccc1)B1O[C@@H]2C[C@@H]3C[C@@H](C3(C)C)[C@]2(C)O1. The molecule has 3 saturated carbocycles. The van der Waals surface area contributed by atoms with E-state index in [0.29, 0.717) is 31.5 Å². The quantitative estimate of drug-likeness (QED) is 0.591. The molecule has 5 rings (SSSR count). The number of nitrogens with one attached hydrogen (secondary N) is 1. The molecule has 31 heavy (non-hydrogen) atoms. The van der Waals surface area contributed by atoms with Gasteiger partial charge < -0.3 is 25.1 Å². The maximum atomic E-state index is 12.7. The molecule has 170 valence electrons. The van der Waals surface area contributed by atoms with Crippen molar-refractivity contribution >= 4 is 13.0 Å². The van der Waals surface area contributed by atoms with Crippen LogP contribution in [0.1, 0.15) is 58.9 Å². The molecule has 1 aromatic carbocycles. The lowest BCUT2D eigenvalue weighted by Gasteiger charge is -2.64. The summed E-state index contributed by atoms with van der Waals surface area (Å²) in [6.07, 6.45) is 3.77. The van der Waals surface area contributed by atoms with Crippen molar-refractivity contribution in [1.82, 2.24) is 5.32 Å². The summed E-state index contributed by atoms with van der Waals surface area (Å²) in [4.78, 5) is 12.7. The van der Waals surface area contributed by atoms with E-state index in [1.807, 2.05) is 37.3 Å². The summed E-state index contributed by atoms with van der Waals surface area (Å²) in [5.41, 5.74) is 7.11. The van der Waals surface area contributed by atoms with Gasteiger partial charge in [0, 0.05) is 0 Å². The molecule has 4 fully saturated rings. The zero-order chi connectivity index (χ0) is 22.2. The van der Waals surface area contributed by atoms with Gasteiger partial charge in [-0.1, -0.05) is 57.5 Å². The minimum atomic E-state index is -0.535. The molecule has 6 atom stereocenters. The second-order valence-corrected chi connectivity index (χ2v) is 10.3. The number of carbonyl (C=O) groups is 1. The number of carbonyl (C=O) groups excluding carboxylic acids is 1. The number of rotatable bonds is 9. The third-order valence-electron chi connectivity index (χ3n) is 7.97. The molecule has 1 heterocycles. The first-order valence-electron chi connectivity index (χ1n) is 11.8. The molecule has 0 radical (unpaired) electrons. The van der Waals surface area contributed by atoms with Crippen molar-refractivity contribution < 1.29 is 18.8 Å². The molecule has 0 spiro atoms. The average Bonchev–Trinajstić information content (AvgIpc) is 3.10. The zero-order valence-electron chi connectivity index (χ0n) is 19.3.